The number of anilines is 2. The molecule has 15 heteroatoms. The van der Waals surface area contributed by atoms with Gasteiger partial charge in [-0.2, -0.15) is 5.26 Å². The normalized spacial score (nSPS) is 10.4. The van der Waals surface area contributed by atoms with Crippen LogP contribution in [-0.2, 0) is 19.1 Å². The van der Waals surface area contributed by atoms with Crippen molar-refractivity contribution in [1.29, 1.82) is 5.26 Å². The smallest absolute Gasteiger partial charge is 0.307 e. The zero-order valence-corrected chi connectivity index (χ0v) is 21.2. The number of nitrogens with one attached hydrogen (secondary N) is 1. The maximum absolute atomic E-state index is 12.0. The Kier molecular flexibility index (Phi) is 11.0. The van der Waals surface area contributed by atoms with Gasteiger partial charge < -0.3 is 19.7 Å². The molecular weight excluding hydrogens is 514 g/mol. The number of nitro groups is 2. The topological polar surface area (TPSA) is 203 Å². The van der Waals surface area contributed by atoms with E-state index in [2.05, 4.69) is 22.1 Å². The van der Waals surface area contributed by atoms with Crippen molar-refractivity contribution in [2.75, 3.05) is 36.5 Å². The summed E-state index contributed by atoms with van der Waals surface area (Å²) in [6, 6.07) is 7.91. The molecule has 2 aromatic carbocycles. The number of rotatable bonds is 14. The van der Waals surface area contributed by atoms with Gasteiger partial charge in [-0.05, 0) is 25.1 Å². The minimum atomic E-state index is -0.906. The van der Waals surface area contributed by atoms with Crippen molar-refractivity contribution in [3.8, 4) is 6.07 Å². The number of benzene rings is 2. The highest BCUT2D eigenvalue weighted by Gasteiger charge is 2.24. The number of amides is 1. The Morgan fingerprint density at radius 1 is 1.18 bits per heavy atom. The van der Waals surface area contributed by atoms with Gasteiger partial charge in [0.2, 0.25) is 5.91 Å². The van der Waals surface area contributed by atoms with Crippen LogP contribution in [0, 0.1) is 31.6 Å². The number of nitriles is 1. The number of azo groups is 1. The number of carbonyl (C=O) groups excluding carboxylic acids is 2. The van der Waals surface area contributed by atoms with E-state index in [1.54, 1.807) is 18.2 Å². The Morgan fingerprint density at radius 2 is 1.92 bits per heavy atom. The third-order valence-electron chi connectivity index (χ3n) is 5.07. The van der Waals surface area contributed by atoms with Crippen molar-refractivity contribution in [3.05, 3.63) is 69.0 Å². The number of nitro benzene ring substituents is 2. The minimum Gasteiger partial charge on any atom is -0.498 e. The predicted octanol–water partition coefficient (Wildman–Crippen LogP) is 4.67. The Morgan fingerprint density at radius 3 is 2.51 bits per heavy atom. The van der Waals surface area contributed by atoms with Crippen LogP contribution in [0.15, 0.2) is 53.4 Å². The van der Waals surface area contributed by atoms with Crippen LogP contribution >= 0.6 is 0 Å². The van der Waals surface area contributed by atoms with Crippen LogP contribution in [-0.4, -0.2) is 48.0 Å². The molecule has 204 valence electrons. The second-order valence-corrected chi connectivity index (χ2v) is 7.66. The van der Waals surface area contributed by atoms with Gasteiger partial charge in [0.15, 0.2) is 5.69 Å². The molecule has 0 atom stereocenters. The molecule has 0 radical (unpaired) electrons. The molecule has 0 aliphatic carbocycles. The predicted molar refractivity (Wildman–Crippen MR) is 139 cm³/mol. The largest absolute Gasteiger partial charge is 0.498 e. The average molecular weight is 540 g/mol. The first-order chi connectivity index (χ1) is 18.6. The van der Waals surface area contributed by atoms with Crippen molar-refractivity contribution in [2.24, 2.45) is 10.2 Å². The third kappa shape index (κ3) is 8.60. The van der Waals surface area contributed by atoms with Gasteiger partial charge in [-0.3, -0.25) is 29.8 Å². The minimum absolute atomic E-state index is 0.0829. The fraction of sp³-hybridized carbons (Fsp3) is 0.292. The molecule has 2 aromatic rings. The number of ether oxygens (including phenoxy) is 2. The first-order valence-corrected chi connectivity index (χ1v) is 11.4. The number of carbonyl (C=O) groups is 2. The van der Waals surface area contributed by atoms with Gasteiger partial charge >= 0.3 is 11.7 Å². The fourth-order valence-electron chi connectivity index (χ4n) is 3.30. The third-order valence-corrected chi connectivity index (χ3v) is 5.07. The lowest BCUT2D eigenvalue weighted by atomic mass is 10.1. The first-order valence-electron chi connectivity index (χ1n) is 11.4. The second-order valence-electron chi connectivity index (χ2n) is 7.66. The molecule has 0 bridgehead atoms. The van der Waals surface area contributed by atoms with Gasteiger partial charge in [0, 0.05) is 31.8 Å². The quantitative estimate of drug-likeness (QED) is 0.0877. The Bertz CT molecular complexity index is 1340. The van der Waals surface area contributed by atoms with Crippen LogP contribution in [0.25, 0.3) is 0 Å². The molecule has 0 fully saturated rings. The lowest BCUT2D eigenvalue weighted by Gasteiger charge is -2.23. The summed E-state index contributed by atoms with van der Waals surface area (Å²) in [5.41, 5.74) is -1.38. The molecule has 1 amide bonds. The van der Waals surface area contributed by atoms with Gasteiger partial charge in [-0.25, -0.2) is 0 Å². The summed E-state index contributed by atoms with van der Waals surface area (Å²) in [7, 11) is 0. The van der Waals surface area contributed by atoms with E-state index in [0.717, 1.165) is 6.07 Å². The summed E-state index contributed by atoms with van der Waals surface area (Å²) in [5.74, 6) is -0.859. The van der Waals surface area contributed by atoms with Crippen molar-refractivity contribution >= 4 is 46.0 Å². The van der Waals surface area contributed by atoms with E-state index in [0.29, 0.717) is 24.8 Å². The summed E-state index contributed by atoms with van der Waals surface area (Å²) in [6.07, 6.45) is 1.33. The van der Waals surface area contributed by atoms with Gasteiger partial charge in [-0.15, -0.1) is 10.2 Å². The van der Waals surface area contributed by atoms with E-state index < -0.39 is 44.3 Å². The molecule has 0 aromatic heterocycles. The lowest BCUT2D eigenvalue weighted by molar-refractivity contribution is -0.393. The second kappa shape index (κ2) is 14.4. The Labute approximate surface area is 222 Å². The average Bonchev–Trinajstić information content (AvgIpc) is 2.90. The monoisotopic (exact) mass is 539 g/mol. The molecule has 0 saturated heterocycles. The van der Waals surface area contributed by atoms with E-state index in [4.69, 9.17) is 9.47 Å². The van der Waals surface area contributed by atoms with Crippen LogP contribution in [0.3, 0.4) is 0 Å². The van der Waals surface area contributed by atoms with E-state index >= 15 is 0 Å². The van der Waals surface area contributed by atoms with Gasteiger partial charge in [0.25, 0.3) is 5.69 Å². The van der Waals surface area contributed by atoms with Crippen LogP contribution < -0.4 is 10.2 Å². The molecule has 0 heterocycles. The maximum Gasteiger partial charge on any atom is 0.307 e. The van der Waals surface area contributed by atoms with Crippen LogP contribution in [0.4, 0.5) is 34.1 Å². The summed E-state index contributed by atoms with van der Waals surface area (Å²) >= 11 is 0. The molecule has 0 spiro atoms. The van der Waals surface area contributed by atoms with Crippen molar-refractivity contribution < 1.29 is 28.9 Å². The molecule has 0 aliphatic rings. The molecule has 0 aliphatic heterocycles. The summed E-state index contributed by atoms with van der Waals surface area (Å²) in [5, 5.41) is 42.4. The molecule has 1 N–H and O–H groups in total. The van der Waals surface area contributed by atoms with Gasteiger partial charge in [0.05, 0.1) is 39.8 Å². The van der Waals surface area contributed by atoms with Crippen LogP contribution in [0.5, 0.6) is 0 Å². The van der Waals surface area contributed by atoms with E-state index in [1.165, 1.54) is 19.3 Å². The standard InChI is InChI=1S/C24H25N7O8/c1-4-29(9-8-23(33)39-11-10-38-5-2)18-6-7-20(21(13-18)26-16(3)32)27-28-24-17(15-25)12-19(30(34)35)14-22(24)31(36)37/h5-7,12-14H,2,4,8-11H2,1,3H3,(H,26,32). The van der Waals surface area contributed by atoms with Crippen LogP contribution in [0.2, 0.25) is 0 Å². The molecule has 0 saturated carbocycles. The van der Waals surface area contributed by atoms with Crippen molar-refractivity contribution in [3.63, 3.8) is 0 Å². The zero-order valence-electron chi connectivity index (χ0n) is 21.2. The van der Waals surface area contributed by atoms with E-state index in [-0.39, 0.29) is 31.0 Å². The summed E-state index contributed by atoms with van der Waals surface area (Å²) < 4.78 is 9.98. The van der Waals surface area contributed by atoms with E-state index in [9.17, 15) is 35.1 Å². The molecule has 2 rings (SSSR count). The fourth-order valence-corrected chi connectivity index (χ4v) is 3.30. The molecule has 15 nitrogen and oxygen atoms in total. The van der Waals surface area contributed by atoms with Crippen molar-refractivity contribution in [2.45, 2.75) is 20.3 Å². The molecular formula is C24H25N7O8. The lowest BCUT2D eigenvalue weighted by Crippen LogP contribution is -2.26. The number of hydrogen-bond donors (Lipinski definition) is 1. The van der Waals surface area contributed by atoms with Gasteiger partial charge in [0.1, 0.15) is 25.0 Å². The first kappa shape index (κ1) is 29.8. The SMILES string of the molecule is C=COCCOC(=O)CCN(CC)c1ccc(N=Nc2c(C#N)cc([N+](=O)[O-])cc2[N+](=O)[O-])c(NC(C)=O)c1. The highest BCUT2D eigenvalue weighted by Crippen LogP contribution is 2.38. The van der Waals surface area contributed by atoms with E-state index in [1.807, 2.05) is 11.8 Å². The Balaban J connectivity index is 2.37. The zero-order chi connectivity index (χ0) is 28.9. The maximum atomic E-state index is 12.0. The number of esters is 1. The van der Waals surface area contributed by atoms with Gasteiger partial charge in [-0.1, -0.05) is 6.58 Å². The molecule has 0 unspecified atom stereocenters. The highest BCUT2D eigenvalue weighted by atomic mass is 16.6. The summed E-state index contributed by atoms with van der Waals surface area (Å²) in [4.78, 5) is 46.5. The highest BCUT2D eigenvalue weighted by molar-refractivity contribution is 5.93. The molecule has 39 heavy (non-hydrogen) atoms. The summed E-state index contributed by atoms with van der Waals surface area (Å²) in [6.45, 7) is 7.63. The Hall–Kier alpha value is -5.39. The number of hydrogen-bond acceptors (Lipinski definition) is 12. The van der Waals surface area contributed by atoms with Crippen LogP contribution in [0.1, 0.15) is 25.8 Å². The van der Waals surface area contributed by atoms with Crippen molar-refractivity contribution in [1.82, 2.24) is 0 Å². The number of non-ortho nitro benzene ring substituents is 1. The number of nitrogens with zero attached hydrogens (tertiary/aromatic N) is 6.